The van der Waals surface area contributed by atoms with Gasteiger partial charge in [-0.2, -0.15) is 9.59 Å². The van der Waals surface area contributed by atoms with Crippen molar-refractivity contribution in [3.05, 3.63) is 47.3 Å². The van der Waals surface area contributed by atoms with Crippen LogP contribution in [0, 0.1) is 18.6 Å². The van der Waals surface area contributed by atoms with Crippen LogP contribution in [0.4, 0.5) is 8.78 Å². The molecule has 0 radical (unpaired) electrons. The van der Waals surface area contributed by atoms with Gasteiger partial charge in [-0.15, -0.1) is 0 Å². The number of halogens is 2. The first-order chi connectivity index (χ1) is 11.4. The molecule has 2 rings (SSSR count). The molecule has 2 heterocycles. The van der Waals surface area contributed by atoms with Crippen LogP contribution in [-0.4, -0.2) is 35.4 Å². The largest absolute Gasteiger partial charge is 0.479 e. The summed E-state index contributed by atoms with van der Waals surface area (Å²) in [5.74, 6) is -0.977. The summed E-state index contributed by atoms with van der Waals surface area (Å²) in [6.07, 6.45) is 3.17. The van der Waals surface area contributed by atoms with E-state index in [4.69, 9.17) is 14.7 Å². The maximum Gasteiger partial charge on any atom is 0.373 e. The molecule has 1 N–H and O–H groups in total. The van der Waals surface area contributed by atoms with Gasteiger partial charge in [0.25, 0.3) is 0 Å². The maximum atomic E-state index is 12.7. The van der Waals surface area contributed by atoms with E-state index in [2.05, 4.69) is 19.4 Å². The van der Waals surface area contributed by atoms with Gasteiger partial charge in [-0.05, 0) is 30.2 Å². The van der Waals surface area contributed by atoms with Crippen LogP contribution in [0.1, 0.15) is 11.1 Å². The van der Waals surface area contributed by atoms with Gasteiger partial charge in [0.15, 0.2) is 11.6 Å². The zero-order valence-corrected chi connectivity index (χ0v) is 13.2. The molecule has 0 saturated heterocycles. The van der Waals surface area contributed by atoms with Gasteiger partial charge in [0.05, 0.1) is 20.8 Å². The number of hydrogen-bond donors (Lipinski definition) is 1. The van der Waals surface area contributed by atoms with Crippen LogP contribution in [0.15, 0.2) is 24.5 Å². The first kappa shape index (κ1) is 21.1. The molecule has 7 nitrogen and oxygen atoms in total. The minimum absolute atomic E-state index is 0.0469. The lowest BCUT2D eigenvalue weighted by atomic mass is 10.3. The third kappa shape index (κ3) is 7.39. The number of aliphatic hydroxyl groups excluding tert-OH is 1. The summed E-state index contributed by atoms with van der Waals surface area (Å²) in [6, 6.07) is 2.57. The quantitative estimate of drug-likeness (QED) is 0.906. The molecule has 9 heteroatoms. The molecule has 0 aliphatic carbocycles. The highest BCUT2D eigenvalue weighted by atomic mass is 19.1. The minimum atomic E-state index is -0.556. The van der Waals surface area contributed by atoms with E-state index in [9.17, 15) is 8.78 Å². The van der Waals surface area contributed by atoms with Crippen LogP contribution in [0.5, 0.6) is 11.8 Å². The lowest BCUT2D eigenvalue weighted by Crippen LogP contribution is -1.94. The molecule has 0 bridgehead atoms. The van der Waals surface area contributed by atoms with Crippen molar-refractivity contribution in [2.45, 2.75) is 13.5 Å². The highest BCUT2D eigenvalue weighted by molar-refractivity contribution is 5.20. The monoisotopic (exact) mass is 342 g/mol. The number of pyridine rings is 2. The summed E-state index contributed by atoms with van der Waals surface area (Å²) in [7, 11) is 2.73. The number of ether oxygens (including phenoxy) is 2. The molecule has 0 saturated carbocycles. The summed E-state index contributed by atoms with van der Waals surface area (Å²) < 4.78 is 34.6. The van der Waals surface area contributed by atoms with Crippen LogP contribution >= 0.6 is 0 Å². The van der Waals surface area contributed by atoms with Crippen molar-refractivity contribution in [3.8, 4) is 11.8 Å². The number of aromatic nitrogens is 2. The second-order valence-electron chi connectivity index (χ2n) is 4.08. The molecule has 0 aliphatic rings. The standard InChI is InChI=1S/C7H8FNO2.C7H8FNO.CO2/c1-11-7-6(8)2-5(4-10)3-9-7;1-5-3-6(8)7(10-2)9-4-5;2-1-3/h2-3,10H,4H2,1H3;3-4H,1-2H3;. The Labute approximate surface area is 136 Å². The Morgan fingerprint density at radius 2 is 1.50 bits per heavy atom. The second-order valence-corrected chi connectivity index (χ2v) is 4.08. The van der Waals surface area contributed by atoms with Gasteiger partial charge in [-0.1, -0.05) is 0 Å². The van der Waals surface area contributed by atoms with E-state index >= 15 is 0 Å². The van der Waals surface area contributed by atoms with Crippen LogP contribution in [0.2, 0.25) is 0 Å². The lowest BCUT2D eigenvalue weighted by Gasteiger charge is -2.00. The topological polar surface area (TPSA) is 98.6 Å². The van der Waals surface area contributed by atoms with Crippen molar-refractivity contribution < 1.29 is 33.0 Å². The Kier molecular flexibility index (Phi) is 10.2. The number of methoxy groups -OCH3 is 2. The summed E-state index contributed by atoms with van der Waals surface area (Å²) in [5.41, 5.74) is 1.22. The number of carbonyl (C=O) groups excluding carboxylic acids is 2. The van der Waals surface area contributed by atoms with Crippen molar-refractivity contribution in [3.63, 3.8) is 0 Å². The molecule has 0 spiro atoms. The van der Waals surface area contributed by atoms with Gasteiger partial charge in [-0.3, -0.25) is 0 Å². The molecule has 2 aromatic rings. The van der Waals surface area contributed by atoms with E-state index in [-0.39, 0.29) is 24.5 Å². The van der Waals surface area contributed by atoms with E-state index in [1.165, 1.54) is 32.5 Å². The van der Waals surface area contributed by atoms with E-state index < -0.39 is 11.6 Å². The van der Waals surface area contributed by atoms with E-state index in [0.29, 0.717) is 5.56 Å². The van der Waals surface area contributed by atoms with Gasteiger partial charge in [-0.25, -0.2) is 18.7 Å². The molecule has 0 fully saturated rings. The van der Waals surface area contributed by atoms with Gasteiger partial charge in [0, 0.05) is 12.4 Å². The van der Waals surface area contributed by atoms with Crippen molar-refractivity contribution in [1.82, 2.24) is 9.97 Å². The number of rotatable bonds is 3. The third-order valence-electron chi connectivity index (χ3n) is 2.38. The second kappa shape index (κ2) is 11.6. The fourth-order valence-corrected chi connectivity index (χ4v) is 1.37. The molecule has 0 aliphatic heterocycles. The zero-order valence-electron chi connectivity index (χ0n) is 13.2. The number of nitrogens with zero attached hydrogens (tertiary/aromatic N) is 2. The molecule has 0 aromatic carbocycles. The summed E-state index contributed by atoms with van der Waals surface area (Å²) in [5, 5.41) is 8.58. The fourth-order valence-electron chi connectivity index (χ4n) is 1.37. The van der Waals surface area contributed by atoms with Crippen LogP contribution in [0.25, 0.3) is 0 Å². The number of aryl methyl sites for hydroxylation is 1. The van der Waals surface area contributed by atoms with Crippen molar-refractivity contribution in [2.24, 2.45) is 0 Å². The zero-order chi connectivity index (χ0) is 18.5. The van der Waals surface area contributed by atoms with Gasteiger partial charge < -0.3 is 14.6 Å². The molecular weight excluding hydrogens is 326 g/mol. The number of aliphatic hydroxyl groups is 1. The molecule has 24 heavy (non-hydrogen) atoms. The van der Waals surface area contributed by atoms with Gasteiger partial charge >= 0.3 is 6.15 Å². The molecule has 2 aromatic heterocycles. The highest BCUT2D eigenvalue weighted by Crippen LogP contribution is 2.13. The Hall–Kier alpha value is -2.90. The Morgan fingerprint density at radius 1 is 1.04 bits per heavy atom. The van der Waals surface area contributed by atoms with E-state index in [1.807, 2.05) is 0 Å². The Morgan fingerprint density at radius 3 is 1.88 bits per heavy atom. The van der Waals surface area contributed by atoms with Crippen LogP contribution < -0.4 is 9.47 Å². The smallest absolute Gasteiger partial charge is 0.373 e. The molecular formula is C15H16F2N2O5. The lowest BCUT2D eigenvalue weighted by molar-refractivity contribution is -0.191. The predicted octanol–water partition coefficient (Wildman–Crippen LogP) is 1.68. The predicted molar refractivity (Wildman–Crippen MR) is 77.2 cm³/mol. The molecule has 130 valence electrons. The van der Waals surface area contributed by atoms with Crippen molar-refractivity contribution in [2.75, 3.05) is 14.2 Å². The van der Waals surface area contributed by atoms with E-state index in [1.54, 1.807) is 13.1 Å². The molecule has 0 amide bonds. The first-order valence-corrected chi connectivity index (χ1v) is 6.38. The Balaban J connectivity index is 0.000000381. The first-order valence-electron chi connectivity index (χ1n) is 6.38. The maximum absolute atomic E-state index is 12.7. The summed E-state index contributed by atoms with van der Waals surface area (Å²) >= 11 is 0. The van der Waals surface area contributed by atoms with Crippen LogP contribution in [-0.2, 0) is 16.2 Å². The third-order valence-corrected chi connectivity index (χ3v) is 2.38. The van der Waals surface area contributed by atoms with Crippen molar-refractivity contribution >= 4 is 6.15 Å². The molecule has 0 unspecified atom stereocenters. The average Bonchev–Trinajstić information content (AvgIpc) is 2.56. The van der Waals surface area contributed by atoms with Gasteiger partial charge in [0.1, 0.15) is 0 Å². The summed E-state index contributed by atoms with van der Waals surface area (Å²) in [6.45, 7) is 1.56. The fraction of sp³-hybridized carbons (Fsp3) is 0.267. The average molecular weight is 342 g/mol. The number of hydrogen-bond acceptors (Lipinski definition) is 7. The normalized spacial score (nSPS) is 8.75. The minimum Gasteiger partial charge on any atom is -0.479 e. The van der Waals surface area contributed by atoms with E-state index in [0.717, 1.165) is 5.56 Å². The SMILES string of the molecule is COc1ncc(C)cc1F.COc1ncc(CO)cc1F.O=C=O. The highest BCUT2D eigenvalue weighted by Gasteiger charge is 2.03. The summed E-state index contributed by atoms with van der Waals surface area (Å²) in [4.78, 5) is 23.6. The van der Waals surface area contributed by atoms with Crippen molar-refractivity contribution in [1.29, 1.82) is 0 Å². The molecule has 0 atom stereocenters. The van der Waals surface area contributed by atoms with Gasteiger partial charge in [0.2, 0.25) is 11.8 Å². The van der Waals surface area contributed by atoms with Crippen LogP contribution in [0.3, 0.4) is 0 Å². The Bertz CT molecular complexity index is 677.